The SMILES string of the molecule is C#CC(O)c1cc(F)ccc1Cl. The molecule has 1 rings (SSSR count). The number of benzene rings is 1. The summed E-state index contributed by atoms with van der Waals surface area (Å²) >= 11 is 5.65. The number of rotatable bonds is 1. The molecular formula is C9H6ClFO. The maximum Gasteiger partial charge on any atom is 0.141 e. The first-order valence-electron chi connectivity index (χ1n) is 3.24. The molecule has 0 saturated heterocycles. The van der Waals surface area contributed by atoms with Gasteiger partial charge in [0.2, 0.25) is 0 Å². The van der Waals surface area contributed by atoms with Gasteiger partial charge in [-0.2, -0.15) is 0 Å². The van der Waals surface area contributed by atoms with Crippen molar-refractivity contribution >= 4 is 11.6 Å². The minimum absolute atomic E-state index is 0.221. The van der Waals surface area contributed by atoms with Crippen LogP contribution in [-0.2, 0) is 0 Å². The van der Waals surface area contributed by atoms with Crippen molar-refractivity contribution in [2.24, 2.45) is 0 Å². The highest BCUT2D eigenvalue weighted by Crippen LogP contribution is 2.22. The highest BCUT2D eigenvalue weighted by Gasteiger charge is 2.08. The Morgan fingerprint density at radius 3 is 2.83 bits per heavy atom. The van der Waals surface area contributed by atoms with E-state index in [-0.39, 0.29) is 10.6 Å². The molecule has 0 aliphatic rings. The van der Waals surface area contributed by atoms with Gasteiger partial charge in [0.1, 0.15) is 11.9 Å². The first-order chi connectivity index (χ1) is 5.65. The molecule has 0 amide bonds. The zero-order valence-electron chi connectivity index (χ0n) is 6.09. The fourth-order valence-electron chi connectivity index (χ4n) is 0.814. The Kier molecular flexibility index (Phi) is 2.69. The normalized spacial score (nSPS) is 12.2. The Hall–Kier alpha value is -1.04. The third kappa shape index (κ3) is 1.76. The van der Waals surface area contributed by atoms with Crippen molar-refractivity contribution in [3.05, 3.63) is 34.6 Å². The monoisotopic (exact) mass is 184 g/mol. The summed E-state index contributed by atoms with van der Waals surface area (Å²) < 4.78 is 12.6. The first-order valence-corrected chi connectivity index (χ1v) is 3.62. The van der Waals surface area contributed by atoms with Crippen LogP contribution >= 0.6 is 11.6 Å². The highest BCUT2D eigenvalue weighted by molar-refractivity contribution is 6.31. The molecule has 1 aromatic rings. The molecule has 1 N–H and O–H groups in total. The third-order valence-electron chi connectivity index (χ3n) is 1.41. The smallest absolute Gasteiger partial charge is 0.141 e. The Morgan fingerprint density at radius 2 is 2.25 bits per heavy atom. The standard InChI is InChI=1S/C9H6ClFO/c1-2-9(12)7-5-6(11)3-4-8(7)10/h1,3-5,9,12H. The number of hydrogen-bond acceptors (Lipinski definition) is 1. The van der Waals surface area contributed by atoms with Crippen LogP contribution in [0.1, 0.15) is 11.7 Å². The molecule has 1 aromatic carbocycles. The van der Waals surface area contributed by atoms with Gasteiger partial charge >= 0.3 is 0 Å². The number of hydrogen-bond donors (Lipinski definition) is 1. The fourth-order valence-corrected chi connectivity index (χ4v) is 1.03. The highest BCUT2D eigenvalue weighted by atomic mass is 35.5. The van der Waals surface area contributed by atoms with Crippen LogP contribution in [0, 0.1) is 18.2 Å². The van der Waals surface area contributed by atoms with E-state index < -0.39 is 11.9 Å². The van der Waals surface area contributed by atoms with E-state index in [0.29, 0.717) is 0 Å². The van der Waals surface area contributed by atoms with Crippen LogP contribution < -0.4 is 0 Å². The van der Waals surface area contributed by atoms with E-state index >= 15 is 0 Å². The largest absolute Gasteiger partial charge is 0.376 e. The van der Waals surface area contributed by atoms with Gasteiger partial charge in [0.15, 0.2) is 0 Å². The number of halogens is 2. The second-order valence-corrected chi connectivity index (χ2v) is 2.64. The van der Waals surface area contributed by atoms with Crippen molar-refractivity contribution < 1.29 is 9.50 Å². The lowest BCUT2D eigenvalue weighted by atomic mass is 10.1. The fraction of sp³-hybridized carbons (Fsp3) is 0.111. The second kappa shape index (κ2) is 3.57. The van der Waals surface area contributed by atoms with Crippen LogP contribution in [0.5, 0.6) is 0 Å². The van der Waals surface area contributed by atoms with Crippen molar-refractivity contribution in [1.29, 1.82) is 0 Å². The summed E-state index contributed by atoms with van der Waals surface area (Å²) in [6, 6.07) is 3.68. The Balaban J connectivity index is 3.15. The van der Waals surface area contributed by atoms with Gasteiger partial charge in [0, 0.05) is 10.6 Å². The molecule has 0 aromatic heterocycles. The minimum Gasteiger partial charge on any atom is -0.376 e. The van der Waals surface area contributed by atoms with Gasteiger partial charge in [-0.05, 0) is 18.2 Å². The second-order valence-electron chi connectivity index (χ2n) is 2.24. The van der Waals surface area contributed by atoms with Gasteiger partial charge in [-0.3, -0.25) is 0 Å². The van der Waals surface area contributed by atoms with E-state index in [1.807, 2.05) is 0 Å². The van der Waals surface area contributed by atoms with Crippen LogP contribution in [0.25, 0.3) is 0 Å². The zero-order chi connectivity index (χ0) is 9.14. The van der Waals surface area contributed by atoms with Gasteiger partial charge in [-0.25, -0.2) is 4.39 Å². The van der Waals surface area contributed by atoms with Crippen molar-refractivity contribution in [3.63, 3.8) is 0 Å². The molecule has 1 nitrogen and oxygen atoms in total. The predicted octanol–water partition coefficient (Wildman–Crippen LogP) is 2.15. The first kappa shape index (κ1) is 9.05. The molecule has 0 aliphatic carbocycles. The summed E-state index contributed by atoms with van der Waals surface area (Å²) in [6.45, 7) is 0. The van der Waals surface area contributed by atoms with Gasteiger partial charge in [0.05, 0.1) is 0 Å². The average molecular weight is 185 g/mol. The van der Waals surface area contributed by atoms with E-state index in [2.05, 4.69) is 5.92 Å². The molecule has 0 fully saturated rings. The van der Waals surface area contributed by atoms with Crippen molar-refractivity contribution in [2.75, 3.05) is 0 Å². The summed E-state index contributed by atoms with van der Waals surface area (Å²) in [5.41, 5.74) is 0.221. The van der Waals surface area contributed by atoms with Crippen molar-refractivity contribution in [1.82, 2.24) is 0 Å². The Bertz CT molecular complexity index is 330. The molecular weight excluding hydrogens is 179 g/mol. The lowest BCUT2D eigenvalue weighted by Gasteiger charge is -2.05. The Morgan fingerprint density at radius 1 is 1.58 bits per heavy atom. The van der Waals surface area contributed by atoms with E-state index in [4.69, 9.17) is 23.1 Å². The molecule has 3 heteroatoms. The maximum atomic E-state index is 12.6. The van der Waals surface area contributed by atoms with Gasteiger partial charge in [-0.1, -0.05) is 17.5 Å². The quantitative estimate of drug-likeness (QED) is 0.663. The maximum absolute atomic E-state index is 12.6. The van der Waals surface area contributed by atoms with E-state index in [0.717, 1.165) is 6.07 Å². The third-order valence-corrected chi connectivity index (χ3v) is 1.75. The van der Waals surface area contributed by atoms with Crippen LogP contribution in [-0.4, -0.2) is 5.11 Å². The average Bonchev–Trinajstić information content (AvgIpc) is 2.08. The van der Waals surface area contributed by atoms with Gasteiger partial charge < -0.3 is 5.11 Å². The van der Waals surface area contributed by atoms with Gasteiger partial charge in [0.25, 0.3) is 0 Å². The lowest BCUT2D eigenvalue weighted by molar-refractivity contribution is 0.238. The molecule has 0 saturated carbocycles. The summed E-state index contributed by atoms with van der Waals surface area (Å²) in [6.07, 6.45) is 3.80. The topological polar surface area (TPSA) is 20.2 Å². The summed E-state index contributed by atoms with van der Waals surface area (Å²) in [5.74, 6) is 1.58. The zero-order valence-corrected chi connectivity index (χ0v) is 6.85. The van der Waals surface area contributed by atoms with E-state index in [9.17, 15) is 4.39 Å². The lowest BCUT2D eigenvalue weighted by Crippen LogP contribution is -1.95. The number of aliphatic hydroxyl groups excluding tert-OH is 1. The van der Waals surface area contributed by atoms with Crippen LogP contribution in [0.4, 0.5) is 4.39 Å². The molecule has 1 atom stereocenters. The van der Waals surface area contributed by atoms with Gasteiger partial charge in [-0.15, -0.1) is 6.42 Å². The van der Waals surface area contributed by atoms with E-state index in [1.165, 1.54) is 12.1 Å². The van der Waals surface area contributed by atoms with Crippen LogP contribution in [0.3, 0.4) is 0 Å². The molecule has 12 heavy (non-hydrogen) atoms. The summed E-state index contributed by atoms with van der Waals surface area (Å²) in [7, 11) is 0. The minimum atomic E-state index is -1.15. The molecule has 0 spiro atoms. The summed E-state index contributed by atoms with van der Waals surface area (Å²) in [5, 5.41) is 9.41. The Labute approximate surface area is 74.8 Å². The van der Waals surface area contributed by atoms with Crippen LogP contribution in [0.15, 0.2) is 18.2 Å². The molecule has 0 radical (unpaired) electrons. The predicted molar refractivity (Wildman–Crippen MR) is 45.2 cm³/mol. The molecule has 0 heterocycles. The van der Waals surface area contributed by atoms with Crippen LogP contribution in [0.2, 0.25) is 5.02 Å². The van der Waals surface area contributed by atoms with E-state index in [1.54, 1.807) is 0 Å². The summed E-state index contributed by atoms with van der Waals surface area (Å²) in [4.78, 5) is 0. The molecule has 62 valence electrons. The van der Waals surface area contributed by atoms with Crippen molar-refractivity contribution in [2.45, 2.75) is 6.10 Å². The molecule has 1 unspecified atom stereocenters. The van der Waals surface area contributed by atoms with Crippen molar-refractivity contribution in [3.8, 4) is 12.3 Å². The number of terminal acetylenes is 1. The number of aliphatic hydroxyl groups is 1. The molecule has 0 aliphatic heterocycles. The molecule has 0 bridgehead atoms.